The standard InChI is InChI=1S/C15H14N2OS/c1-9-4-5-14(18)12(6-9)8-17-15-13(7-16)10(2)11(3)19-15/h4-6,8,18H,1-3H3/b17-8+. The lowest BCUT2D eigenvalue weighted by Crippen LogP contribution is -1.84. The SMILES string of the molecule is Cc1ccc(O)c(/C=N/c2sc(C)c(C)c2C#N)c1. The molecule has 96 valence electrons. The second-order valence-corrected chi connectivity index (χ2v) is 5.60. The van der Waals surface area contributed by atoms with Gasteiger partial charge < -0.3 is 5.11 Å². The molecule has 1 N–H and O–H groups in total. The van der Waals surface area contributed by atoms with Gasteiger partial charge in [0.1, 0.15) is 16.8 Å². The van der Waals surface area contributed by atoms with Crippen LogP contribution in [0.3, 0.4) is 0 Å². The number of phenols is 1. The Morgan fingerprint density at radius 2 is 2.05 bits per heavy atom. The number of benzene rings is 1. The van der Waals surface area contributed by atoms with Gasteiger partial charge in [-0.15, -0.1) is 11.3 Å². The van der Waals surface area contributed by atoms with E-state index in [-0.39, 0.29) is 5.75 Å². The molecule has 3 nitrogen and oxygen atoms in total. The first-order valence-electron chi connectivity index (χ1n) is 5.86. The third-order valence-electron chi connectivity index (χ3n) is 2.98. The Morgan fingerprint density at radius 3 is 2.74 bits per heavy atom. The second kappa shape index (κ2) is 5.25. The molecule has 0 atom stereocenters. The Morgan fingerprint density at radius 1 is 1.32 bits per heavy atom. The summed E-state index contributed by atoms with van der Waals surface area (Å²) in [5, 5.41) is 19.6. The van der Waals surface area contributed by atoms with E-state index in [0.717, 1.165) is 16.0 Å². The fourth-order valence-electron chi connectivity index (χ4n) is 1.74. The number of thiophene rings is 1. The van der Waals surface area contributed by atoms with E-state index < -0.39 is 0 Å². The minimum absolute atomic E-state index is 0.192. The molecule has 1 aromatic heterocycles. The van der Waals surface area contributed by atoms with Crippen LogP contribution in [-0.4, -0.2) is 11.3 Å². The van der Waals surface area contributed by atoms with Crippen LogP contribution in [0.25, 0.3) is 0 Å². The number of aryl methyl sites for hydroxylation is 2. The van der Waals surface area contributed by atoms with E-state index in [1.54, 1.807) is 12.3 Å². The van der Waals surface area contributed by atoms with Gasteiger partial charge in [-0.2, -0.15) is 5.26 Å². The summed E-state index contributed by atoms with van der Waals surface area (Å²) in [5.74, 6) is 0.192. The van der Waals surface area contributed by atoms with Gasteiger partial charge in [-0.25, -0.2) is 4.99 Å². The largest absolute Gasteiger partial charge is 0.507 e. The summed E-state index contributed by atoms with van der Waals surface area (Å²) in [6.07, 6.45) is 1.61. The van der Waals surface area contributed by atoms with Crippen LogP contribution < -0.4 is 0 Å². The van der Waals surface area contributed by atoms with Crippen LogP contribution in [0.5, 0.6) is 5.75 Å². The molecule has 1 heterocycles. The zero-order valence-electron chi connectivity index (χ0n) is 11.1. The molecule has 0 saturated heterocycles. The Labute approximate surface area is 116 Å². The van der Waals surface area contributed by atoms with Crippen molar-refractivity contribution in [2.75, 3.05) is 0 Å². The third kappa shape index (κ3) is 2.67. The number of rotatable bonds is 2. The minimum atomic E-state index is 0.192. The van der Waals surface area contributed by atoms with Crippen molar-refractivity contribution in [3.63, 3.8) is 0 Å². The van der Waals surface area contributed by atoms with Crippen molar-refractivity contribution in [1.82, 2.24) is 0 Å². The molecule has 2 rings (SSSR count). The molecular weight excluding hydrogens is 256 g/mol. The van der Waals surface area contributed by atoms with E-state index in [1.807, 2.05) is 32.9 Å². The van der Waals surface area contributed by atoms with Crippen molar-refractivity contribution < 1.29 is 5.11 Å². The number of hydrogen-bond donors (Lipinski definition) is 1. The van der Waals surface area contributed by atoms with Crippen molar-refractivity contribution >= 4 is 22.6 Å². The van der Waals surface area contributed by atoms with Gasteiger partial charge in [0.15, 0.2) is 0 Å². The van der Waals surface area contributed by atoms with Crippen LogP contribution in [0.1, 0.15) is 27.1 Å². The number of aromatic hydroxyl groups is 1. The predicted octanol–water partition coefficient (Wildman–Crippen LogP) is 4.00. The molecule has 0 saturated carbocycles. The lowest BCUT2D eigenvalue weighted by molar-refractivity contribution is 0.474. The van der Waals surface area contributed by atoms with E-state index in [9.17, 15) is 5.11 Å². The summed E-state index contributed by atoms with van der Waals surface area (Å²) < 4.78 is 0. The Balaban J connectivity index is 2.41. The number of aliphatic imine (C=N–C) groups is 1. The van der Waals surface area contributed by atoms with E-state index in [2.05, 4.69) is 11.1 Å². The van der Waals surface area contributed by atoms with Gasteiger partial charge in [0.2, 0.25) is 0 Å². The van der Waals surface area contributed by atoms with Crippen LogP contribution in [0.4, 0.5) is 5.00 Å². The van der Waals surface area contributed by atoms with E-state index in [1.165, 1.54) is 11.3 Å². The van der Waals surface area contributed by atoms with Crippen LogP contribution in [0.2, 0.25) is 0 Å². The molecule has 0 fully saturated rings. The quantitative estimate of drug-likeness (QED) is 0.838. The molecule has 2 aromatic rings. The second-order valence-electron chi connectivity index (χ2n) is 4.40. The molecule has 0 radical (unpaired) electrons. The minimum Gasteiger partial charge on any atom is -0.507 e. The van der Waals surface area contributed by atoms with E-state index in [0.29, 0.717) is 16.1 Å². The summed E-state index contributed by atoms with van der Waals surface area (Å²) >= 11 is 1.49. The Kier molecular flexibility index (Phi) is 3.68. The number of nitrogens with zero attached hydrogens (tertiary/aromatic N) is 2. The molecule has 0 unspecified atom stereocenters. The summed E-state index contributed by atoms with van der Waals surface area (Å²) in [6.45, 7) is 5.86. The topological polar surface area (TPSA) is 56.4 Å². The summed E-state index contributed by atoms with van der Waals surface area (Å²) in [4.78, 5) is 5.44. The van der Waals surface area contributed by atoms with Crippen LogP contribution in [0.15, 0.2) is 23.2 Å². The molecule has 0 aliphatic rings. The molecular formula is C15H14N2OS. The van der Waals surface area contributed by atoms with Crippen molar-refractivity contribution in [3.8, 4) is 11.8 Å². The Hall–Kier alpha value is -2.12. The number of phenolic OH excluding ortho intramolecular Hbond substituents is 1. The maximum absolute atomic E-state index is 9.75. The summed E-state index contributed by atoms with van der Waals surface area (Å²) in [5.41, 5.74) is 3.31. The average molecular weight is 270 g/mol. The van der Waals surface area contributed by atoms with Gasteiger partial charge in [-0.1, -0.05) is 11.6 Å². The van der Waals surface area contributed by atoms with Crippen molar-refractivity contribution in [2.45, 2.75) is 20.8 Å². The number of nitriles is 1. The highest BCUT2D eigenvalue weighted by Crippen LogP contribution is 2.34. The highest BCUT2D eigenvalue weighted by molar-refractivity contribution is 7.16. The third-order valence-corrected chi connectivity index (χ3v) is 4.10. The average Bonchev–Trinajstić information content (AvgIpc) is 2.66. The predicted molar refractivity (Wildman–Crippen MR) is 78.6 cm³/mol. The van der Waals surface area contributed by atoms with Crippen molar-refractivity contribution in [1.29, 1.82) is 5.26 Å². The van der Waals surface area contributed by atoms with Crippen molar-refractivity contribution in [3.05, 3.63) is 45.3 Å². The van der Waals surface area contributed by atoms with Crippen LogP contribution >= 0.6 is 11.3 Å². The highest BCUT2D eigenvalue weighted by Gasteiger charge is 2.10. The number of hydrogen-bond acceptors (Lipinski definition) is 4. The van der Waals surface area contributed by atoms with Crippen LogP contribution in [0, 0.1) is 32.1 Å². The maximum Gasteiger partial charge on any atom is 0.134 e. The molecule has 4 heteroatoms. The molecule has 1 aromatic carbocycles. The van der Waals surface area contributed by atoms with Gasteiger partial charge in [0.25, 0.3) is 0 Å². The smallest absolute Gasteiger partial charge is 0.134 e. The van der Waals surface area contributed by atoms with Crippen LogP contribution in [-0.2, 0) is 0 Å². The first-order chi connectivity index (χ1) is 9.02. The van der Waals surface area contributed by atoms with Gasteiger partial charge in [0, 0.05) is 16.7 Å². The van der Waals surface area contributed by atoms with Crippen molar-refractivity contribution in [2.24, 2.45) is 4.99 Å². The first kappa shape index (κ1) is 13.3. The molecule has 0 amide bonds. The lowest BCUT2D eigenvalue weighted by Gasteiger charge is -1.99. The first-order valence-corrected chi connectivity index (χ1v) is 6.68. The van der Waals surface area contributed by atoms with E-state index in [4.69, 9.17) is 5.26 Å². The normalized spacial score (nSPS) is 10.8. The fourth-order valence-corrected chi connectivity index (χ4v) is 2.69. The molecule has 0 aliphatic heterocycles. The highest BCUT2D eigenvalue weighted by atomic mass is 32.1. The van der Waals surface area contributed by atoms with Gasteiger partial charge in [-0.3, -0.25) is 0 Å². The maximum atomic E-state index is 9.75. The molecule has 0 spiro atoms. The Bertz CT molecular complexity index is 693. The van der Waals surface area contributed by atoms with E-state index >= 15 is 0 Å². The summed E-state index contributed by atoms with van der Waals surface area (Å²) in [7, 11) is 0. The molecule has 19 heavy (non-hydrogen) atoms. The monoisotopic (exact) mass is 270 g/mol. The zero-order chi connectivity index (χ0) is 14.0. The molecule has 0 bridgehead atoms. The van der Waals surface area contributed by atoms with Gasteiger partial charge in [-0.05, 0) is 38.5 Å². The van der Waals surface area contributed by atoms with Gasteiger partial charge in [0.05, 0.1) is 5.56 Å². The summed E-state index contributed by atoms with van der Waals surface area (Å²) in [6, 6.07) is 7.53. The lowest BCUT2D eigenvalue weighted by atomic mass is 10.1. The fraction of sp³-hybridized carbons (Fsp3) is 0.200. The van der Waals surface area contributed by atoms with Gasteiger partial charge >= 0.3 is 0 Å². The molecule has 0 aliphatic carbocycles. The zero-order valence-corrected chi connectivity index (χ0v) is 11.9.